The Morgan fingerprint density at radius 2 is 1.00 bits per heavy atom. The minimum Gasteiger partial charge on any atom is -0.345 e. The molecule has 0 aromatic heterocycles. The van der Waals surface area contributed by atoms with Crippen LogP contribution in [-0.4, -0.2) is 0 Å². The molecule has 0 heterocycles. The van der Waals surface area contributed by atoms with E-state index in [0.29, 0.717) is 5.92 Å². The normalized spacial score (nSPS) is 17.3. The number of rotatable bonds is 8. The van der Waals surface area contributed by atoms with Crippen LogP contribution in [0.4, 0.5) is 0 Å². The molecule has 0 radical (unpaired) electrons. The van der Waals surface area contributed by atoms with Crippen molar-refractivity contribution >= 4 is 0 Å². The smallest absolute Gasteiger partial charge is 0.345 e. The third kappa shape index (κ3) is 22.9. The maximum absolute atomic E-state index is 4.03. The molecule has 1 unspecified atom stereocenters. The van der Waals surface area contributed by atoms with E-state index in [9.17, 15) is 0 Å². The maximum Gasteiger partial charge on any atom is 4.00 e. The molecule has 1 atom stereocenters. The Bertz CT molecular complexity index is 157. The summed E-state index contributed by atoms with van der Waals surface area (Å²) in [6.45, 7) is 10.1. The van der Waals surface area contributed by atoms with Crippen LogP contribution in [0.1, 0.15) is 122 Å². The summed E-state index contributed by atoms with van der Waals surface area (Å²) >= 11 is 0. The maximum atomic E-state index is 4.03. The standard InChI is InChI=1S/C12H24.2C5H10.Zr/c1-4-6-7-8-9-10-11-12(3)5-2;2*1-2-4-5-3-1;/h12H,2-11H2,1H3;2*1-5H2;/q-2;;;+4. The molecule has 0 spiro atoms. The summed E-state index contributed by atoms with van der Waals surface area (Å²) in [5, 5.41) is 0. The van der Waals surface area contributed by atoms with E-state index in [0.717, 1.165) is 6.42 Å². The van der Waals surface area contributed by atoms with Crippen molar-refractivity contribution < 1.29 is 26.2 Å². The Kier molecular flexibility index (Phi) is 26.0. The van der Waals surface area contributed by atoms with Crippen molar-refractivity contribution in [2.24, 2.45) is 5.92 Å². The van der Waals surface area contributed by atoms with E-state index >= 15 is 0 Å². The van der Waals surface area contributed by atoms with E-state index in [1.165, 1.54) is 109 Å². The van der Waals surface area contributed by atoms with Gasteiger partial charge in [-0.25, -0.2) is 6.42 Å². The minimum absolute atomic E-state index is 0. The van der Waals surface area contributed by atoms with Gasteiger partial charge in [0.15, 0.2) is 0 Å². The second kappa shape index (κ2) is 22.9. The quantitative estimate of drug-likeness (QED) is 0.284. The van der Waals surface area contributed by atoms with Gasteiger partial charge in [0.1, 0.15) is 0 Å². The summed E-state index contributed by atoms with van der Waals surface area (Å²) < 4.78 is 0. The first-order chi connectivity index (χ1) is 10.8. The Balaban J connectivity index is 0. The van der Waals surface area contributed by atoms with Crippen LogP contribution in [0, 0.1) is 19.8 Å². The van der Waals surface area contributed by atoms with Gasteiger partial charge in [0.2, 0.25) is 0 Å². The minimum atomic E-state index is 0. The van der Waals surface area contributed by atoms with Crippen molar-refractivity contribution in [1.82, 2.24) is 0 Å². The number of hydrogen-bond donors (Lipinski definition) is 0. The molecular formula is C22H44Zr+2. The average Bonchev–Trinajstić information content (AvgIpc) is 3.28. The van der Waals surface area contributed by atoms with E-state index in [-0.39, 0.29) is 26.2 Å². The average molecular weight is 400 g/mol. The molecule has 0 bridgehead atoms. The second-order valence-corrected chi connectivity index (χ2v) is 7.25. The Morgan fingerprint density at radius 1 is 0.652 bits per heavy atom. The van der Waals surface area contributed by atoms with Gasteiger partial charge in [0.25, 0.3) is 0 Å². The predicted octanol–water partition coefficient (Wildman–Crippen LogP) is 8.31. The molecule has 2 aliphatic rings. The summed E-state index contributed by atoms with van der Waals surface area (Å²) in [5.41, 5.74) is 0. The molecule has 2 fully saturated rings. The third-order valence-corrected chi connectivity index (χ3v) is 4.87. The molecule has 2 saturated carbocycles. The molecule has 0 amide bonds. The zero-order chi connectivity index (χ0) is 16.3. The van der Waals surface area contributed by atoms with Gasteiger partial charge in [-0.1, -0.05) is 116 Å². The molecular weight excluding hydrogens is 355 g/mol. The van der Waals surface area contributed by atoms with Crippen molar-refractivity contribution in [2.45, 2.75) is 122 Å². The van der Waals surface area contributed by atoms with E-state index in [1.807, 2.05) is 0 Å². The van der Waals surface area contributed by atoms with Gasteiger partial charge in [-0.15, -0.1) is 0 Å². The Hall–Kier alpha value is 0.883. The van der Waals surface area contributed by atoms with Crippen LogP contribution in [0.25, 0.3) is 0 Å². The zero-order valence-corrected chi connectivity index (χ0v) is 18.7. The van der Waals surface area contributed by atoms with Crippen LogP contribution in [0.15, 0.2) is 0 Å². The SMILES string of the molecule is C1CCCC1.C1CCCC1.[CH2-]CC([CH2-])CCCCCCCC.[Zr+4]. The van der Waals surface area contributed by atoms with E-state index in [4.69, 9.17) is 0 Å². The van der Waals surface area contributed by atoms with Crippen molar-refractivity contribution in [3.8, 4) is 0 Å². The number of unbranched alkanes of at least 4 members (excludes halogenated alkanes) is 5. The predicted molar refractivity (Wildman–Crippen MR) is 103 cm³/mol. The molecule has 2 rings (SSSR count). The van der Waals surface area contributed by atoms with Crippen LogP contribution in [0.3, 0.4) is 0 Å². The third-order valence-electron chi connectivity index (χ3n) is 4.87. The molecule has 0 aromatic rings. The fourth-order valence-corrected chi connectivity index (χ4v) is 3.13. The first-order valence-corrected chi connectivity index (χ1v) is 10.4. The monoisotopic (exact) mass is 398 g/mol. The van der Waals surface area contributed by atoms with Gasteiger partial charge in [-0.3, -0.25) is 0 Å². The largest absolute Gasteiger partial charge is 4.00 e. The molecule has 2 aliphatic carbocycles. The van der Waals surface area contributed by atoms with Crippen molar-refractivity contribution in [2.75, 3.05) is 0 Å². The van der Waals surface area contributed by atoms with Gasteiger partial charge in [0, 0.05) is 0 Å². The Morgan fingerprint density at radius 3 is 1.35 bits per heavy atom. The molecule has 0 saturated heterocycles. The molecule has 0 nitrogen and oxygen atoms in total. The van der Waals surface area contributed by atoms with Gasteiger partial charge in [0.05, 0.1) is 0 Å². The van der Waals surface area contributed by atoms with E-state index in [2.05, 4.69) is 20.8 Å². The van der Waals surface area contributed by atoms with E-state index < -0.39 is 0 Å². The van der Waals surface area contributed by atoms with Crippen LogP contribution in [0.2, 0.25) is 0 Å². The first-order valence-electron chi connectivity index (χ1n) is 10.4. The van der Waals surface area contributed by atoms with Gasteiger partial charge >= 0.3 is 26.2 Å². The fourth-order valence-electron chi connectivity index (χ4n) is 3.13. The molecule has 23 heavy (non-hydrogen) atoms. The molecule has 0 aromatic carbocycles. The van der Waals surface area contributed by atoms with Crippen LogP contribution in [0.5, 0.6) is 0 Å². The summed E-state index contributed by atoms with van der Waals surface area (Å²) in [7, 11) is 0. The molecule has 1 heteroatoms. The van der Waals surface area contributed by atoms with Crippen LogP contribution in [-0.2, 0) is 26.2 Å². The summed E-state index contributed by atoms with van der Waals surface area (Å²) in [5.74, 6) is 0.594. The van der Waals surface area contributed by atoms with Crippen molar-refractivity contribution in [3.63, 3.8) is 0 Å². The van der Waals surface area contributed by atoms with Crippen molar-refractivity contribution in [3.05, 3.63) is 13.8 Å². The van der Waals surface area contributed by atoms with Crippen LogP contribution >= 0.6 is 0 Å². The van der Waals surface area contributed by atoms with Gasteiger partial charge < -0.3 is 13.8 Å². The summed E-state index contributed by atoms with van der Waals surface area (Å²) in [4.78, 5) is 0. The van der Waals surface area contributed by atoms with Crippen LogP contribution < -0.4 is 0 Å². The summed E-state index contributed by atoms with van der Waals surface area (Å²) in [6, 6.07) is 0. The van der Waals surface area contributed by atoms with Crippen molar-refractivity contribution in [1.29, 1.82) is 0 Å². The first kappa shape index (κ1) is 26.1. The number of hydrogen-bond acceptors (Lipinski definition) is 0. The second-order valence-electron chi connectivity index (χ2n) is 7.25. The van der Waals surface area contributed by atoms with E-state index in [1.54, 1.807) is 0 Å². The molecule has 134 valence electrons. The summed E-state index contributed by atoms with van der Waals surface area (Å²) in [6.07, 6.45) is 25.6. The van der Waals surface area contributed by atoms with Gasteiger partial charge in [-0.2, -0.15) is 5.92 Å². The van der Waals surface area contributed by atoms with Gasteiger partial charge in [-0.05, 0) is 0 Å². The molecule has 0 N–H and O–H groups in total. The topological polar surface area (TPSA) is 0 Å². The zero-order valence-electron chi connectivity index (χ0n) is 16.2. The molecule has 0 aliphatic heterocycles. The Labute approximate surface area is 168 Å². The fraction of sp³-hybridized carbons (Fsp3) is 0.909.